The third kappa shape index (κ3) is 8.42. The van der Waals surface area contributed by atoms with Crippen molar-refractivity contribution in [1.82, 2.24) is 20.0 Å². The molecule has 4 rings (SSSR count). The van der Waals surface area contributed by atoms with Crippen LogP contribution in [0.1, 0.15) is 11.1 Å². The highest BCUT2D eigenvalue weighted by Gasteiger charge is 1.94. The van der Waals surface area contributed by atoms with E-state index < -0.39 is 0 Å². The molecular formula is C20H19BrF2N4. The Morgan fingerprint density at radius 3 is 1.89 bits per heavy atom. The summed E-state index contributed by atoms with van der Waals surface area (Å²) in [6.07, 6.45) is 7.06. The van der Waals surface area contributed by atoms with Crippen LogP contribution in [0.3, 0.4) is 0 Å². The van der Waals surface area contributed by atoms with Gasteiger partial charge in [0.05, 0.1) is 6.54 Å². The Kier molecular flexibility index (Phi) is 8.92. The Labute approximate surface area is 165 Å². The van der Waals surface area contributed by atoms with Gasteiger partial charge in [0.1, 0.15) is 11.6 Å². The number of nitrogens with zero attached hydrogens (tertiary/aromatic N) is 3. The number of nitrogens with one attached hydrogen (secondary N) is 1. The van der Waals surface area contributed by atoms with E-state index >= 15 is 0 Å². The minimum absolute atomic E-state index is 0.181. The second-order valence-corrected chi connectivity index (χ2v) is 5.92. The van der Waals surface area contributed by atoms with Crippen molar-refractivity contribution >= 4 is 15.9 Å². The zero-order chi connectivity index (χ0) is 19.3. The lowest BCUT2D eigenvalue weighted by Gasteiger charge is -2.00. The lowest BCUT2D eigenvalue weighted by Crippen LogP contribution is -1.99. The minimum atomic E-state index is -0.204. The van der Waals surface area contributed by atoms with Gasteiger partial charge in [0.2, 0.25) is 0 Å². The molecule has 0 atom stereocenters. The second kappa shape index (κ2) is 11.7. The summed E-state index contributed by atoms with van der Waals surface area (Å²) in [6.45, 7) is 0.688. The van der Waals surface area contributed by atoms with Crippen molar-refractivity contribution in [2.45, 2.75) is 11.9 Å². The smallest absolute Gasteiger partial charge is 0.123 e. The number of aromatic amines is 1. The predicted octanol–water partition coefficient (Wildman–Crippen LogP) is 5.20. The molecule has 0 radical (unpaired) electrons. The Balaban J connectivity index is 0.000000161. The highest BCUT2D eigenvalue weighted by Crippen LogP contribution is 2.06. The number of hydrogen-bond donors (Lipinski definition) is 1. The van der Waals surface area contributed by atoms with Gasteiger partial charge in [0, 0.05) is 30.1 Å². The fraction of sp³-hybridized carbons (Fsp3) is 0.100. The molecule has 7 heteroatoms. The quantitative estimate of drug-likeness (QED) is 0.452. The maximum Gasteiger partial charge on any atom is 0.123 e. The molecule has 0 unspecified atom stereocenters. The van der Waals surface area contributed by atoms with Crippen LogP contribution in [0.15, 0.2) is 85.5 Å². The monoisotopic (exact) mass is 432 g/mol. The second-order valence-electron chi connectivity index (χ2n) is 5.36. The van der Waals surface area contributed by atoms with Crippen LogP contribution in [0.5, 0.6) is 0 Å². The van der Waals surface area contributed by atoms with Gasteiger partial charge in [0.25, 0.3) is 0 Å². The predicted molar refractivity (Wildman–Crippen MR) is 105 cm³/mol. The van der Waals surface area contributed by atoms with Gasteiger partial charge in [-0.15, -0.1) is 0 Å². The molecule has 4 aromatic rings. The lowest BCUT2D eigenvalue weighted by molar-refractivity contribution is 0.624. The number of halogens is 3. The highest BCUT2D eigenvalue weighted by molar-refractivity contribution is 9.08. The molecule has 0 spiro atoms. The number of hydrogen-bond acceptors (Lipinski definition) is 2. The first-order valence-electron chi connectivity index (χ1n) is 8.13. The summed E-state index contributed by atoms with van der Waals surface area (Å²) in [4.78, 5) is 0. The maximum atomic E-state index is 12.5. The summed E-state index contributed by atoms with van der Waals surface area (Å²) >= 11 is 3.26. The van der Waals surface area contributed by atoms with Gasteiger partial charge in [0.15, 0.2) is 0 Å². The van der Waals surface area contributed by atoms with Crippen LogP contribution in [0.2, 0.25) is 0 Å². The van der Waals surface area contributed by atoms with Gasteiger partial charge in [-0.3, -0.25) is 9.78 Å². The summed E-state index contributed by atoms with van der Waals surface area (Å²) in [5.41, 5.74) is 2.14. The zero-order valence-electron chi connectivity index (χ0n) is 14.5. The normalized spacial score (nSPS) is 9.59. The summed E-state index contributed by atoms with van der Waals surface area (Å²) in [7, 11) is 0. The van der Waals surface area contributed by atoms with E-state index in [-0.39, 0.29) is 11.6 Å². The molecule has 140 valence electrons. The van der Waals surface area contributed by atoms with Crippen molar-refractivity contribution in [3.8, 4) is 0 Å². The minimum Gasteiger partial charge on any atom is -0.286 e. The molecule has 2 aromatic heterocycles. The van der Waals surface area contributed by atoms with Crippen LogP contribution < -0.4 is 0 Å². The average Bonchev–Trinajstić information content (AvgIpc) is 3.41. The van der Waals surface area contributed by atoms with E-state index in [4.69, 9.17) is 0 Å². The number of aromatic nitrogens is 4. The first-order valence-corrected chi connectivity index (χ1v) is 9.25. The summed E-state index contributed by atoms with van der Waals surface area (Å²) in [5.74, 6) is -0.385. The maximum absolute atomic E-state index is 12.5. The Bertz CT molecular complexity index is 829. The van der Waals surface area contributed by atoms with E-state index in [9.17, 15) is 8.78 Å². The van der Waals surface area contributed by atoms with Gasteiger partial charge < -0.3 is 0 Å². The summed E-state index contributed by atoms with van der Waals surface area (Å²) < 4.78 is 26.5. The number of H-pyrrole nitrogens is 1. The third-order valence-corrected chi connectivity index (χ3v) is 3.94. The average molecular weight is 433 g/mol. The van der Waals surface area contributed by atoms with Crippen LogP contribution in [0, 0.1) is 11.6 Å². The van der Waals surface area contributed by atoms with Crippen molar-refractivity contribution in [2.75, 3.05) is 0 Å². The van der Waals surface area contributed by atoms with Gasteiger partial charge in [-0.05, 0) is 47.5 Å². The van der Waals surface area contributed by atoms with E-state index in [1.165, 1.54) is 24.3 Å². The topological polar surface area (TPSA) is 46.5 Å². The molecule has 2 heterocycles. The fourth-order valence-electron chi connectivity index (χ4n) is 1.96. The summed E-state index contributed by atoms with van der Waals surface area (Å²) in [6, 6.07) is 16.6. The van der Waals surface area contributed by atoms with E-state index in [1.807, 2.05) is 18.3 Å². The molecule has 0 aliphatic carbocycles. The van der Waals surface area contributed by atoms with Crippen LogP contribution in [0.4, 0.5) is 8.78 Å². The largest absolute Gasteiger partial charge is 0.286 e. The fourth-order valence-corrected chi connectivity index (χ4v) is 2.33. The van der Waals surface area contributed by atoms with Crippen molar-refractivity contribution in [1.29, 1.82) is 0 Å². The first kappa shape index (κ1) is 20.5. The summed E-state index contributed by atoms with van der Waals surface area (Å²) in [5, 5.41) is 11.1. The third-order valence-electron chi connectivity index (χ3n) is 3.29. The van der Waals surface area contributed by atoms with Crippen molar-refractivity contribution < 1.29 is 8.78 Å². The van der Waals surface area contributed by atoms with E-state index in [2.05, 4.69) is 31.2 Å². The van der Waals surface area contributed by atoms with Gasteiger partial charge >= 0.3 is 0 Å². The highest BCUT2D eigenvalue weighted by atomic mass is 79.9. The number of alkyl halides is 1. The Morgan fingerprint density at radius 2 is 1.48 bits per heavy atom. The van der Waals surface area contributed by atoms with Crippen molar-refractivity contribution in [3.63, 3.8) is 0 Å². The molecular weight excluding hydrogens is 414 g/mol. The molecule has 4 nitrogen and oxygen atoms in total. The van der Waals surface area contributed by atoms with Crippen molar-refractivity contribution in [2.24, 2.45) is 0 Å². The molecule has 0 saturated heterocycles. The van der Waals surface area contributed by atoms with Crippen LogP contribution in [-0.2, 0) is 11.9 Å². The molecule has 0 amide bonds. The molecule has 27 heavy (non-hydrogen) atoms. The standard InChI is InChI=1S/C10H9FN2.C7H6BrF.C3H4N2/c11-10-4-2-9(3-5-10)8-13-7-1-6-12-13;8-5-6-1-3-7(9)4-2-6;1-2-4-5-3-1/h1-7H,8H2;1-4H,5H2;1-3H,(H,4,5). The molecule has 0 aliphatic heterocycles. The van der Waals surface area contributed by atoms with Gasteiger partial charge in [-0.2, -0.15) is 10.2 Å². The number of rotatable bonds is 3. The Hall–Kier alpha value is -2.80. The molecule has 0 saturated carbocycles. The van der Waals surface area contributed by atoms with Crippen LogP contribution >= 0.6 is 15.9 Å². The van der Waals surface area contributed by atoms with Crippen LogP contribution in [-0.4, -0.2) is 20.0 Å². The SMILES string of the molecule is Fc1ccc(CBr)cc1.Fc1ccc(Cn2cccn2)cc1.c1cn[nH]c1. The molecule has 2 aromatic carbocycles. The van der Waals surface area contributed by atoms with Gasteiger partial charge in [-0.25, -0.2) is 8.78 Å². The van der Waals surface area contributed by atoms with Crippen LogP contribution in [0.25, 0.3) is 0 Å². The zero-order valence-corrected chi connectivity index (χ0v) is 16.1. The van der Waals surface area contributed by atoms with E-state index in [1.54, 1.807) is 47.5 Å². The van der Waals surface area contributed by atoms with Crippen molar-refractivity contribution in [3.05, 3.63) is 108 Å². The first-order chi connectivity index (χ1) is 13.2. The number of benzene rings is 2. The van der Waals surface area contributed by atoms with Gasteiger partial charge in [-0.1, -0.05) is 40.2 Å². The lowest BCUT2D eigenvalue weighted by atomic mass is 10.2. The van der Waals surface area contributed by atoms with E-state index in [0.717, 1.165) is 16.5 Å². The molecule has 0 fully saturated rings. The molecule has 0 bridgehead atoms. The molecule has 1 N–H and O–H groups in total. The Morgan fingerprint density at radius 1 is 0.852 bits per heavy atom. The molecule has 0 aliphatic rings. The van der Waals surface area contributed by atoms with E-state index in [0.29, 0.717) is 6.54 Å².